The third-order valence-electron chi connectivity index (χ3n) is 3.91. The molecule has 0 saturated carbocycles. The molecule has 0 radical (unpaired) electrons. The number of nitrogens with one attached hydrogen (secondary N) is 1. The Kier molecular flexibility index (Phi) is 5.72. The Hall–Kier alpha value is -0.980. The van der Waals surface area contributed by atoms with E-state index in [-0.39, 0.29) is 19.6 Å². The van der Waals surface area contributed by atoms with Gasteiger partial charge in [0.2, 0.25) is 0 Å². The lowest BCUT2D eigenvalue weighted by atomic mass is 9.97. The van der Waals surface area contributed by atoms with Gasteiger partial charge in [-0.1, -0.05) is 7.43 Å². The largest absolute Gasteiger partial charge is 0.392 e. The van der Waals surface area contributed by atoms with Gasteiger partial charge < -0.3 is 15.0 Å². The molecule has 0 amide bonds. The number of aliphatic hydroxyl groups excluding tert-OH is 1. The molecule has 21 heavy (non-hydrogen) atoms. The van der Waals surface area contributed by atoms with Crippen LogP contribution in [-0.2, 0) is 6.54 Å². The third kappa shape index (κ3) is 3.81. The van der Waals surface area contributed by atoms with Crippen LogP contribution in [0.3, 0.4) is 0 Å². The fourth-order valence-corrected chi connectivity index (χ4v) is 3.11. The summed E-state index contributed by atoms with van der Waals surface area (Å²) < 4.78 is 2.94. The Balaban J connectivity index is 0.00000161. The van der Waals surface area contributed by atoms with Gasteiger partial charge >= 0.3 is 0 Å². The Morgan fingerprint density at radius 3 is 3.10 bits per heavy atom. The van der Waals surface area contributed by atoms with Gasteiger partial charge in [-0.15, -0.1) is 0 Å². The van der Waals surface area contributed by atoms with Crippen molar-refractivity contribution in [3.8, 4) is 0 Å². The molecule has 3 heterocycles. The summed E-state index contributed by atoms with van der Waals surface area (Å²) in [4.78, 5) is 8.66. The fraction of sp³-hybridized carbons (Fsp3) is 0.600. The zero-order valence-electron chi connectivity index (χ0n) is 11.3. The molecule has 5 nitrogen and oxygen atoms in total. The molecule has 0 bridgehead atoms. The molecule has 1 saturated heterocycles. The Morgan fingerprint density at radius 1 is 1.43 bits per heavy atom. The molecule has 2 atom stereocenters. The van der Waals surface area contributed by atoms with Gasteiger partial charge in [-0.2, -0.15) is 0 Å². The van der Waals surface area contributed by atoms with Crippen LogP contribution in [0, 0.1) is 0 Å². The second-order valence-electron chi connectivity index (χ2n) is 5.33. The van der Waals surface area contributed by atoms with Crippen molar-refractivity contribution in [2.75, 3.05) is 6.54 Å². The average molecular weight is 355 g/mol. The molecular formula is C15H23BrN4O. The van der Waals surface area contributed by atoms with E-state index in [2.05, 4.69) is 35.8 Å². The highest BCUT2D eigenvalue weighted by Gasteiger charge is 2.21. The summed E-state index contributed by atoms with van der Waals surface area (Å²) in [5.41, 5.74) is 1.83. The van der Waals surface area contributed by atoms with Crippen molar-refractivity contribution < 1.29 is 5.11 Å². The topological polar surface area (TPSA) is 63.0 Å². The lowest BCUT2D eigenvalue weighted by Crippen LogP contribution is -2.44. The first-order valence-corrected chi connectivity index (χ1v) is 7.92. The summed E-state index contributed by atoms with van der Waals surface area (Å²) >= 11 is 3.36. The zero-order chi connectivity index (χ0) is 13.9. The molecule has 0 spiro atoms. The third-order valence-corrected chi connectivity index (χ3v) is 4.35. The number of aryl methyl sites for hydroxylation is 1. The predicted octanol–water partition coefficient (Wildman–Crippen LogP) is 2.72. The smallest absolute Gasteiger partial charge is 0.178 e. The van der Waals surface area contributed by atoms with E-state index in [4.69, 9.17) is 0 Å². The molecule has 0 unspecified atom stereocenters. The minimum atomic E-state index is -0.194. The number of halogens is 1. The van der Waals surface area contributed by atoms with Crippen molar-refractivity contribution >= 4 is 27.1 Å². The van der Waals surface area contributed by atoms with Crippen molar-refractivity contribution in [3.05, 3.63) is 23.1 Å². The molecule has 2 N–H and O–H groups in total. The second-order valence-corrected chi connectivity index (χ2v) is 6.14. The van der Waals surface area contributed by atoms with E-state index in [0.717, 1.165) is 54.5 Å². The monoisotopic (exact) mass is 354 g/mol. The normalized spacial score (nSPS) is 22.2. The van der Waals surface area contributed by atoms with E-state index in [1.807, 2.05) is 18.5 Å². The van der Waals surface area contributed by atoms with Crippen molar-refractivity contribution in [1.82, 2.24) is 19.9 Å². The van der Waals surface area contributed by atoms with Crippen molar-refractivity contribution in [3.63, 3.8) is 0 Å². The van der Waals surface area contributed by atoms with Crippen LogP contribution < -0.4 is 5.32 Å². The molecule has 1 fully saturated rings. The predicted molar refractivity (Wildman–Crippen MR) is 88.2 cm³/mol. The molecular weight excluding hydrogens is 332 g/mol. The number of aromatic nitrogens is 3. The van der Waals surface area contributed by atoms with Gasteiger partial charge in [0.25, 0.3) is 0 Å². The number of fused-ring (bicyclic) bond motifs is 1. The van der Waals surface area contributed by atoms with Crippen LogP contribution in [0.25, 0.3) is 11.2 Å². The van der Waals surface area contributed by atoms with Crippen molar-refractivity contribution in [2.45, 2.75) is 51.8 Å². The van der Waals surface area contributed by atoms with Crippen molar-refractivity contribution in [1.29, 1.82) is 0 Å². The maximum atomic E-state index is 9.93. The molecule has 6 heteroatoms. The maximum absolute atomic E-state index is 9.93. The van der Waals surface area contributed by atoms with Gasteiger partial charge in [-0.25, -0.2) is 9.97 Å². The minimum Gasteiger partial charge on any atom is -0.392 e. The average Bonchev–Trinajstić information content (AvgIpc) is 2.83. The van der Waals surface area contributed by atoms with Gasteiger partial charge in [0.05, 0.1) is 17.9 Å². The van der Waals surface area contributed by atoms with Crippen LogP contribution in [0.4, 0.5) is 0 Å². The zero-order valence-corrected chi connectivity index (χ0v) is 12.9. The number of nitrogens with zero attached hydrogens (tertiary/aromatic N) is 3. The number of imidazole rings is 1. The van der Waals surface area contributed by atoms with E-state index in [0.29, 0.717) is 0 Å². The Labute approximate surface area is 133 Å². The molecule has 2 aromatic heterocycles. The lowest BCUT2D eigenvalue weighted by Gasteiger charge is -2.28. The number of rotatable bonds is 4. The SMILES string of the molecule is C.O[C@H]1CCCN[C@@H]1CCCn1cnc2nc(Br)ccc21. The van der Waals surface area contributed by atoms with Crippen LogP contribution >= 0.6 is 15.9 Å². The second kappa shape index (κ2) is 7.33. The fourth-order valence-electron chi connectivity index (χ4n) is 2.81. The van der Waals surface area contributed by atoms with Gasteiger partial charge in [-0.3, -0.25) is 0 Å². The summed E-state index contributed by atoms with van der Waals surface area (Å²) in [7, 11) is 0. The van der Waals surface area contributed by atoms with Crippen LogP contribution in [-0.4, -0.2) is 38.3 Å². The standard InChI is InChI=1S/C14H19BrN4O.CH4/c15-13-6-5-11-14(18-13)17-9-19(11)8-2-3-10-12(20)4-1-7-16-10;/h5-6,9-10,12,16,20H,1-4,7-8H2;1H4/t10-,12+;/m1./s1. The quantitative estimate of drug-likeness (QED) is 0.828. The first-order chi connectivity index (χ1) is 9.74. The summed E-state index contributed by atoms with van der Waals surface area (Å²) in [5, 5.41) is 13.3. The summed E-state index contributed by atoms with van der Waals surface area (Å²) in [5.74, 6) is 0. The Bertz CT molecular complexity index is 586. The van der Waals surface area contributed by atoms with Crippen molar-refractivity contribution in [2.24, 2.45) is 0 Å². The molecule has 116 valence electrons. The Morgan fingerprint density at radius 2 is 2.29 bits per heavy atom. The molecule has 2 aromatic rings. The number of hydrogen-bond donors (Lipinski definition) is 2. The first-order valence-electron chi connectivity index (χ1n) is 7.13. The van der Waals surface area contributed by atoms with E-state index >= 15 is 0 Å². The molecule has 0 aromatic carbocycles. The van der Waals surface area contributed by atoms with E-state index in [1.165, 1.54) is 0 Å². The number of hydrogen-bond acceptors (Lipinski definition) is 4. The lowest BCUT2D eigenvalue weighted by molar-refractivity contribution is 0.0909. The summed E-state index contributed by atoms with van der Waals surface area (Å²) in [6, 6.07) is 4.21. The van der Waals surface area contributed by atoms with E-state index in [9.17, 15) is 5.11 Å². The molecule has 0 aliphatic carbocycles. The number of pyridine rings is 1. The van der Waals surface area contributed by atoms with E-state index in [1.54, 1.807) is 0 Å². The van der Waals surface area contributed by atoms with Gasteiger partial charge in [0, 0.05) is 12.6 Å². The summed E-state index contributed by atoms with van der Waals surface area (Å²) in [6.45, 7) is 1.93. The number of aliphatic hydroxyl groups is 1. The highest BCUT2D eigenvalue weighted by atomic mass is 79.9. The molecule has 1 aliphatic heterocycles. The van der Waals surface area contributed by atoms with Gasteiger partial charge in [0.1, 0.15) is 4.60 Å². The molecule has 1 aliphatic rings. The van der Waals surface area contributed by atoms with Gasteiger partial charge in [0.15, 0.2) is 5.65 Å². The maximum Gasteiger partial charge on any atom is 0.178 e. The van der Waals surface area contributed by atoms with Crippen LogP contribution in [0.15, 0.2) is 23.1 Å². The van der Waals surface area contributed by atoms with Gasteiger partial charge in [-0.05, 0) is 60.3 Å². The minimum absolute atomic E-state index is 0. The van der Waals surface area contributed by atoms with Crippen LogP contribution in [0.1, 0.15) is 33.1 Å². The highest BCUT2D eigenvalue weighted by molar-refractivity contribution is 9.10. The highest BCUT2D eigenvalue weighted by Crippen LogP contribution is 2.17. The van der Waals surface area contributed by atoms with Crippen LogP contribution in [0.5, 0.6) is 0 Å². The number of piperidine rings is 1. The molecule has 3 rings (SSSR count). The summed E-state index contributed by atoms with van der Waals surface area (Å²) in [6.07, 6.45) is 5.66. The van der Waals surface area contributed by atoms with E-state index < -0.39 is 0 Å². The first kappa shape index (κ1) is 16.4. The van der Waals surface area contributed by atoms with Crippen LogP contribution in [0.2, 0.25) is 0 Å².